The smallest absolute Gasteiger partial charge is 0.241 e. The Morgan fingerprint density at radius 2 is 1.97 bits per heavy atom. The van der Waals surface area contributed by atoms with Gasteiger partial charge in [0.05, 0.1) is 18.0 Å². The molecular formula is C22H38Cl2N4O4S. The van der Waals surface area contributed by atoms with Crippen molar-refractivity contribution in [3.63, 3.8) is 0 Å². The summed E-state index contributed by atoms with van der Waals surface area (Å²) in [5, 5.41) is 3.44. The van der Waals surface area contributed by atoms with E-state index in [1.165, 1.54) is 0 Å². The highest BCUT2D eigenvalue weighted by atomic mass is 35.5. The fourth-order valence-corrected chi connectivity index (χ4v) is 5.75. The largest absolute Gasteiger partial charge is 0.383 e. The Kier molecular flexibility index (Phi) is 10.6. The number of halogens is 2. The number of fused-ring (bicyclic) bond motifs is 1. The predicted octanol–water partition coefficient (Wildman–Crippen LogP) is 2.15. The third-order valence-electron chi connectivity index (χ3n) is 5.97. The van der Waals surface area contributed by atoms with Gasteiger partial charge in [-0.05, 0) is 38.5 Å². The second-order valence-corrected chi connectivity index (χ2v) is 11.4. The first-order valence-electron chi connectivity index (χ1n) is 10.9. The maximum atomic E-state index is 13.4. The van der Waals surface area contributed by atoms with Crippen molar-refractivity contribution in [3.8, 4) is 0 Å². The molecule has 1 fully saturated rings. The van der Waals surface area contributed by atoms with Crippen molar-refractivity contribution < 1.29 is 17.9 Å². The van der Waals surface area contributed by atoms with Crippen LogP contribution in [0.4, 0.5) is 5.69 Å². The summed E-state index contributed by atoms with van der Waals surface area (Å²) >= 11 is 0. The molecule has 8 nitrogen and oxygen atoms in total. The number of sulfonamides is 1. The van der Waals surface area contributed by atoms with Crippen LogP contribution >= 0.6 is 24.8 Å². The van der Waals surface area contributed by atoms with Gasteiger partial charge < -0.3 is 15.0 Å². The lowest BCUT2D eigenvalue weighted by Crippen LogP contribution is -2.59. The summed E-state index contributed by atoms with van der Waals surface area (Å²) in [6.07, 6.45) is 0. The average molecular weight is 526 g/mol. The van der Waals surface area contributed by atoms with Gasteiger partial charge in [-0.15, -0.1) is 24.8 Å². The minimum Gasteiger partial charge on any atom is -0.383 e. The van der Waals surface area contributed by atoms with E-state index in [1.807, 2.05) is 6.07 Å². The first-order chi connectivity index (χ1) is 14.4. The maximum absolute atomic E-state index is 13.4. The molecule has 11 heteroatoms. The number of nitrogens with one attached hydrogen (secondary N) is 2. The van der Waals surface area contributed by atoms with Gasteiger partial charge in [-0.3, -0.25) is 9.69 Å². The molecule has 0 radical (unpaired) electrons. The second kappa shape index (κ2) is 11.7. The number of hydrogen-bond donors (Lipinski definition) is 2. The van der Waals surface area contributed by atoms with E-state index in [1.54, 1.807) is 38.0 Å². The Morgan fingerprint density at radius 3 is 2.58 bits per heavy atom. The van der Waals surface area contributed by atoms with Crippen LogP contribution in [0.1, 0.15) is 40.2 Å². The zero-order valence-corrected chi connectivity index (χ0v) is 22.7. The Bertz CT molecular complexity index is 927. The third kappa shape index (κ3) is 6.81. The molecule has 2 atom stereocenters. The quantitative estimate of drug-likeness (QED) is 0.567. The number of carbonyl (C=O) groups is 1. The van der Waals surface area contributed by atoms with Gasteiger partial charge in [-0.1, -0.05) is 19.9 Å². The molecule has 2 aliphatic heterocycles. The Morgan fingerprint density at radius 1 is 1.30 bits per heavy atom. The van der Waals surface area contributed by atoms with Gasteiger partial charge in [-0.25, -0.2) is 13.1 Å². The van der Waals surface area contributed by atoms with Crippen molar-refractivity contribution in [3.05, 3.63) is 23.8 Å². The minimum atomic E-state index is -3.64. The highest BCUT2D eigenvalue weighted by Gasteiger charge is 2.40. The van der Waals surface area contributed by atoms with Crippen LogP contribution in [0.15, 0.2) is 23.1 Å². The van der Waals surface area contributed by atoms with Crippen LogP contribution in [0.3, 0.4) is 0 Å². The van der Waals surface area contributed by atoms with E-state index in [-0.39, 0.29) is 59.7 Å². The summed E-state index contributed by atoms with van der Waals surface area (Å²) in [6, 6.07) is 5.33. The molecule has 3 rings (SSSR count). The number of piperazine rings is 1. The number of nitrogens with zero attached hydrogens (tertiary/aromatic N) is 2. The Labute approximate surface area is 210 Å². The van der Waals surface area contributed by atoms with Crippen LogP contribution in [0.25, 0.3) is 0 Å². The molecule has 0 saturated carbocycles. The summed E-state index contributed by atoms with van der Waals surface area (Å²) < 4.78 is 33.4. The molecule has 2 N–H and O–H groups in total. The normalized spacial score (nSPS) is 22.5. The number of hydrogen-bond acceptors (Lipinski definition) is 6. The molecule has 33 heavy (non-hydrogen) atoms. The summed E-state index contributed by atoms with van der Waals surface area (Å²) in [7, 11) is -1.97. The lowest BCUT2D eigenvalue weighted by atomic mass is 9.87. The zero-order valence-electron chi connectivity index (χ0n) is 20.3. The molecule has 0 spiro atoms. The van der Waals surface area contributed by atoms with Crippen LogP contribution in [-0.4, -0.2) is 77.2 Å². The van der Waals surface area contributed by atoms with E-state index in [0.717, 1.165) is 18.7 Å². The van der Waals surface area contributed by atoms with Gasteiger partial charge >= 0.3 is 0 Å². The Hall–Kier alpha value is -0.940. The molecule has 0 unspecified atom stereocenters. The number of rotatable bonds is 7. The zero-order chi connectivity index (χ0) is 23.0. The van der Waals surface area contributed by atoms with Crippen molar-refractivity contribution in [1.82, 2.24) is 14.9 Å². The van der Waals surface area contributed by atoms with E-state index in [0.29, 0.717) is 24.9 Å². The van der Waals surface area contributed by atoms with Crippen LogP contribution in [-0.2, 0) is 25.0 Å². The van der Waals surface area contributed by atoms with Gasteiger partial charge in [-0.2, -0.15) is 0 Å². The third-order valence-corrected chi connectivity index (χ3v) is 7.63. The molecule has 2 heterocycles. The molecule has 1 aromatic rings. The molecule has 0 bridgehead atoms. The molecule has 0 aliphatic carbocycles. The standard InChI is InChI=1S/C22H36N4O4S.2ClH/c1-15(2)24-31(28,29)18-7-8-19-20(9-18)26(14-22(19,4)5)21(27)12-25-11-16(3)23-10-17(25)13-30-6;;/h7-9,15-17,23-24H,10-14H2,1-6H3;2*1H/t16-,17-;;/m1../s1. The molecule has 0 aromatic heterocycles. The van der Waals surface area contributed by atoms with Gasteiger partial charge in [0.15, 0.2) is 0 Å². The van der Waals surface area contributed by atoms with Crippen LogP contribution in [0.2, 0.25) is 0 Å². The molecule has 190 valence electrons. The number of ether oxygens (including phenoxy) is 1. The number of carbonyl (C=O) groups excluding carboxylic acids is 1. The summed E-state index contributed by atoms with van der Waals surface area (Å²) in [5.41, 5.74) is 1.43. The highest BCUT2D eigenvalue weighted by molar-refractivity contribution is 7.89. The SMILES string of the molecule is COC[C@H]1CN[C@H](C)CN1CC(=O)N1CC(C)(C)c2ccc(S(=O)(=O)NC(C)C)cc21.Cl.Cl. The van der Waals surface area contributed by atoms with Crippen molar-refractivity contribution in [2.45, 2.75) is 63.1 Å². The molecule has 1 amide bonds. The first-order valence-corrected chi connectivity index (χ1v) is 12.4. The Balaban J connectivity index is 0.00000272. The topological polar surface area (TPSA) is 91.0 Å². The number of amides is 1. The first kappa shape index (κ1) is 30.1. The maximum Gasteiger partial charge on any atom is 0.241 e. The van der Waals surface area contributed by atoms with E-state index >= 15 is 0 Å². The van der Waals surface area contributed by atoms with Crippen molar-refractivity contribution in [2.24, 2.45) is 0 Å². The van der Waals surface area contributed by atoms with Gasteiger partial charge in [0, 0.05) is 56.0 Å². The van der Waals surface area contributed by atoms with Crippen LogP contribution in [0, 0.1) is 0 Å². The average Bonchev–Trinajstić information content (AvgIpc) is 2.94. The van der Waals surface area contributed by atoms with Crippen LogP contribution < -0.4 is 14.9 Å². The monoisotopic (exact) mass is 524 g/mol. The van der Waals surface area contributed by atoms with E-state index in [9.17, 15) is 13.2 Å². The fraction of sp³-hybridized carbons (Fsp3) is 0.682. The molecule has 1 aromatic carbocycles. The molecular weight excluding hydrogens is 487 g/mol. The fourth-order valence-electron chi connectivity index (χ4n) is 4.48. The predicted molar refractivity (Wildman–Crippen MR) is 136 cm³/mol. The van der Waals surface area contributed by atoms with Crippen LogP contribution in [0.5, 0.6) is 0 Å². The molecule has 1 saturated heterocycles. The number of methoxy groups -OCH3 is 1. The van der Waals surface area contributed by atoms with E-state index in [4.69, 9.17) is 4.74 Å². The van der Waals surface area contributed by atoms with Crippen molar-refractivity contribution in [2.75, 3.05) is 44.8 Å². The summed E-state index contributed by atoms with van der Waals surface area (Å²) in [4.78, 5) is 17.5. The highest BCUT2D eigenvalue weighted by Crippen LogP contribution is 2.41. The number of anilines is 1. The second-order valence-electron chi connectivity index (χ2n) is 9.67. The summed E-state index contributed by atoms with van der Waals surface area (Å²) in [5.74, 6) is -0.0200. The van der Waals surface area contributed by atoms with Crippen molar-refractivity contribution in [1.29, 1.82) is 0 Å². The molecule has 2 aliphatic rings. The van der Waals surface area contributed by atoms with Gasteiger partial charge in [0.1, 0.15) is 0 Å². The summed E-state index contributed by atoms with van der Waals surface area (Å²) in [6.45, 7) is 12.7. The van der Waals surface area contributed by atoms with Crippen molar-refractivity contribution >= 4 is 46.4 Å². The van der Waals surface area contributed by atoms with E-state index < -0.39 is 10.0 Å². The lowest BCUT2D eigenvalue weighted by Gasteiger charge is -2.39. The minimum absolute atomic E-state index is 0. The lowest BCUT2D eigenvalue weighted by molar-refractivity contribution is -0.121. The number of benzene rings is 1. The van der Waals surface area contributed by atoms with E-state index in [2.05, 4.69) is 35.7 Å². The van der Waals surface area contributed by atoms with Gasteiger partial charge in [0.2, 0.25) is 15.9 Å². The van der Waals surface area contributed by atoms with Gasteiger partial charge in [0.25, 0.3) is 0 Å².